The quantitative estimate of drug-likeness (QED) is 0.916. The number of aromatic nitrogens is 4. The van der Waals surface area contributed by atoms with E-state index in [0.717, 1.165) is 43.1 Å². The van der Waals surface area contributed by atoms with Crippen LogP contribution in [0.25, 0.3) is 11.5 Å². The predicted octanol–water partition coefficient (Wildman–Crippen LogP) is 3.23. The van der Waals surface area contributed by atoms with Crippen LogP contribution in [-0.4, -0.2) is 26.1 Å². The first kappa shape index (κ1) is 14.0. The molecule has 2 heterocycles. The summed E-state index contributed by atoms with van der Waals surface area (Å²) in [6.45, 7) is 7.42. The molecule has 1 aliphatic carbocycles. The Morgan fingerprint density at radius 2 is 2.14 bits per heavy atom. The highest BCUT2D eigenvalue weighted by molar-refractivity contribution is 5.57. The van der Waals surface area contributed by atoms with Crippen LogP contribution in [0.1, 0.15) is 50.9 Å². The Labute approximate surface area is 125 Å². The van der Waals surface area contributed by atoms with E-state index in [4.69, 9.17) is 9.97 Å². The number of rotatable bonds is 5. The van der Waals surface area contributed by atoms with Crippen molar-refractivity contribution in [1.29, 1.82) is 0 Å². The Morgan fingerprint density at radius 3 is 2.90 bits per heavy atom. The second kappa shape index (κ2) is 5.84. The Morgan fingerprint density at radius 1 is 1.29 bits per heavy atom. The average molecular weight is 285 g/mol. The normalized spacial score (nSPS) is 13.7. The average Bonchev–Trinajstić information content (AvgIpc) is 3.12. The van der Waals surface area contributed by atoms with Crippen LogP contribution in [0.5, 0.6) is 0 Å². The maximum atomic E-state index is 4.80. The zero-order valence-corrected chi connectivity index (χ0v) is 13.1. The van der Waals surface area contributed by atoms with Gasteiger partial charge < -0.3 is 9.88 Å². The number of fused-ring (bicyclic) bond motifs is 1. The lowest BCUT2D eigenvalue weighted by molar-refractivity contribution is 0.603. The Bertz CT molecular complexity index is 630. The zero-order valence-electron chi connectivity index (χ0n) is 13.1. The lowest BCUT2D eigenvalue weighted by Gasteiger charge is -2.14. The molecule has 112 valence electrons. The molecule has 5 heteroatoms. The van der Waals surface area contributed by atoms with Gasteiger partial charge in [-0.25, -0.2) is 15.0 Å². The highest BCUT2D eigenvalue weighted by atomic mass is 15.1. The van der Waals surface area contributed by atoms with Crippen molar-refractivity contribution < 1.29 is 0 Å². The van der Waals surface area contributed by atoms with E-state index in [0.29, 0.717) is 6.04 Å². The van der Waals surface area contributed by atoms with Gasteiger partial charge in [0.05, 0.1) is 12.5 Å². The number of imidazole rings is 1. The fourth-order valence-electron chi connectivity index (χ4n) is 2.83. The molecule has 2 aromatic heterocycles. The van der Waals surface area contributed by atoms with Crippen molar-refractivity contribution >= 4 is 5.82 Å². The van der Waals surface area contributed by atoms with Gasteiger partial charge in [-0.2, -0.15) is 0 Å². The summed E-state index contributed by atoms with van der Waals surface area (Å²) in [4.78, 5) is 13.8. The Hall–Kier alpha value is -1.91. The minimum atomic E-state index is 0.353. The first-order valence-corrected chi connectivity index (χ1v) is 7.86. The highest BCUT2D eigenvalue weighted by Gasteiger charge is 2.21. The minimum absolute atomic E-state index is 0.353. The van der Waals surface area contributed by atoms with Crippen LogP contribution in [0.3, 0.4) is 0 Å². The summed E-state index contributed by atoms with van der Waals surface area (Å²) in [6, 6.07) is 0.353. The number of nitrogens with zero attached hydrogens (tertiary/aromatic N) is 4. The van der Waals surface area contributed by atoms with Crippen molar-refractivity contribution in [1.82, 2.24) is 19.5 Å². The molecule has 3 rings (SSSR count). The van der Waals surface area contributed by atoms with Crippen LogP contribution in [0.4, 0.5) is 5.82 Å². The summed E-state index contributed by atoms with van der Waals surface area (Å²) in [7, 11) is 0. The molecule has 0 bridgehead atoms. The van der Waals surface area contributed by atoms with Gasteiger partial charge in [0.25, 0.3) is 0 Å². The number of anilines is 1. The topological polar surface area (TPSA) is 55.6 Å². The van der Waals surface area contributed by atoms with E-state index in [2.05, 4.69) is 35.6 Å². The van der Waals surface area contributed by atoms with E-state index >= 15 is 0 Å². The molecule has 1 aliphatic rings. The van der Waals surface area contributed by atoms with Gasteiger partial charge >= 0.3 is 0 Å². The van der Waals surface area contributed by atoms with Gasteiger partial charge in [0.15, 0.2) is 5.82 Å². The van der Waals surface area contributed by atoms with Gasteiger partial charge in [-0.05, 0) is 39.5 Å². The van der Waals surface area contributed by atoms with Crippen molar-refractivity contribution in [3.63, 3.8) is 0 Å². The molecule has 0 aliphatic heterocycles. The standard InChI is InChI=1S/C16H23N5/c1-4-8-18-15-12-6-5-7-13(12)19-16(20-15)14-9-17-10-21(14)11(2)3/h9-11H,4-8H2,1-3H3,(H,18,19,20). The first-order valence-electron chi connectivity index (χ1n) is 7.86. The van der Waals surface area contributed by atoms with E-state index in [9.17, 15) is 0 Å². The van der Waals surface area contributed by atoms with E-state index < -0.39 is 0 Å². The fourth-order valence-corrected chi connectivity index (χ4v) is 2.83. The van der Waals surface area contributed by atoms with E-state index in [-0.39, 0.29) is 0 Å². The molecular weight excluding hydrogens is 262 g/mol. The number of aryl methyl sites for hydroxylation is 1. The van der Waals surface area contributed by atoms with E-state index in [1.54, 1.807) is 0 Å². The minimum Gasteiger partial charge on any atom is -0.370 e. The summed E-state index contributed by atoms with van der Waals surface area (Å²) >= 11 is 0. The van der Waals surface area contributed by atoms with Crippen molar-refractivity contribution in [2.75, 3.05) is 11.9 Å². The van der Waals surface area contributed by atoms with E-state index in [1.165, 1.54) is 17.7 Å². The zero-order chi connectivity index (χ0) is 14.8. The van der Waals surface area contributed by atoms with Crippen LogP contribution in [-0.2, 0) is 12.8 Å². The molecule has 0 radical (unpaired) electrons. The third kappa shape index (κ3) is 2.64. The van der Waals surface area contributed by atoms with Gasteiger partial charge in [0.1, 0.15) is 11.5 Å². The third-order valence-electron chi connectivity index (χ3n) is 3.93. The summed E-state index contributed by atoms with van der Waals surface area (Å²) in [5.41, 5.74) is 3.51. The van der Waals surface area contributed by atoms with Crippen molar-refractivity contribution in [2.24, 2.45) is 0 Å². The summed E-state index contributed by atoms with van der Waals surface area (Å²) in [6.07, 6.45) is 8.14. The molecule has 21 heavy (non-hydrogen) atoms. The predicted molar refractivity (Wildman–Crippen MR) is 84.4 cm³/mol. The van der Waals surface area contributed by atoms with Gasteiger partial charge in [-0.1, -0.05) is 6.92 Å². The number of hydrogen-bond acceptors (Lipinski definition) is 4. The summed E-state index contributed by atoms with van der Waals surface area (Å²) < 4.78 is 2.13. The molecule has 0 unspecified atom stereocenters. The molecule has 0 saturated heterocycles. The smallest absolute Gasteiger partial charge is 0.180 e. The number of nitrogens with one attached hydrogen (secondary N) is 1. The molecule has 0 amide bonds. The van der Waals surface area contributed by atoms with Crippen molar-refractivity contribution in [2.45, 2.75) is 52.5 Å². The monoisotopic (exact) mass is 285 g/mol. The molecule has 5 nitrogen and oxygen atoms in total. The molecule has 0 spiro atoms. The number of hydrogen-bond donors (Lipinski definition) is 1. The highest BCUT2D eigenvalue weighted by Crippen LogP contribution is 2.29. The third-order valence-corrected chi connectivity index (χ3v) is 3.93. The van der Waals surface area contributed by atoms with Crippen molar-refractivity contribution in [3.8, 4) is 11.5 Å². The van der Waals surface area contributed by atoms with Crippen LogP contribution in [0, 0.1) is 0 Å². The first-order chi connectivity index (χ1) is 10.2. The second-order valence-electron chi connectivity index (χ2n) is 5.88. The fraction of sp³-hybridized carbons (Fsp3) is 0.562. The second-order valence-corrected chi connectivity index (χ2v) is 5.88. The van der Waals surface area contributed by atoms with Gasteiger partial charge in [0, 0.05) is 23.8 Å². The molecule has 0 fully saturated rings. The van der Waals surface area contributed by atoms with Gasteiger partial charge in [-0.3, -0.25) is 0 Å². The molecule has 0 atom stereocenters. The molecule has 0 saturated carbocycles. The Balaban J connectivity index is 2.05. The molecule has 2 aromatic rings. The van der Waals surface area contributed by atoms with Gasteiger partial charge in [0.2, 0.25) is 0 Å². The van der Waals surface area contributed by atoms with Crippen LogP contribution in [0.2, 0.25) is 0 Å². The summed E-state index contributed by atoms with van der Waals surface area (Å²) in [5.74, 6) is 1.81. The SMILES string of the molecule is CCCNc1nc(-c2cncn2C(C)C)nc2c1CCC2. The largest absolute Gasteiger partial charge is 0.370 e. The van der Waals surface area contributed by atoms with Crippen LogP contribution < -0.4 is 5.32 Å². The Kier molecular flexibility index (Phi) is 3.90. The van der Waals surface area contributed by atoms with Crippen LogP contribution in [0.15, 0.2) is 12.5 Å². The maximum Gasteiger partial charge on any atom is 0.180 e. The van der Waals surface area contributed by atoms with E-state index in [1.807, 2.05) is 12.5 Å². The lowest BCUT2D eigenvalue weighted by Crippen LogP contribution is -2.10. The van der Waals surface area contributed by atoms with Gasteiger partial charge in [-0.15, -0.1) is 0 Å². The molecule has 1 N–H and O–H groups in total. The maximum absolute atomic E-state index is 4.80. The lowest BCUT2D eigenvalue weighted by atomic mass is 10.2. The van der Waals surface area contributed by atoms with Crippen molar-refractivity contribution in [3.05, 3.63) is 23.8 Å². The summed E-state index contributed by atoms with van der Waals surface area (Å²) in [5, 5.41) is 3.46. The molecular formula is C16H23N5. The molecule has 0 aromatic carbocycles. The van der Waals surface area contributed by atoms with Crippen LogP contribution >= 0.6 is 0 Å².